The monoisotopic (exact) mass is 436 g/mol. The largest absolute Gasteiger partial charge is 0.339 e. The molecule has 10 heteroatoms. The predicted molar refractivity (Wildman–Crippen MR) is 111 cm³/mol. The molecule has 1 aliphatic heterocycles. The van der Waals surface area contributed by atoms with Gasteiger partial charge in [-0.15, -0.1) is 0 Å². The molecule has 8 nitrogen and oxygen atoms in total. The van der Waals surface area contributed by atoms with E-state index in [4.69, 9.17) is 0 Å². The van der Waals surface area contributed by atoms with Crippen LogP contribution in [-0.4, -0.2) is 55.9 Å². The van der Waals surface area contributed by atoms with Crippen molar-refractivity contribution in [2.75, 3.05) is 13.1 Å². The van der Waals surface area contributed by atoms with E-state index in [2.05, 4.69) is 0 Å². The Morgan fingerprint density at radius 2 is 1.55 bits per heavy atom. The minimum Gasteiger partial charge on any atom is -0.339 e. The molecule has 2 amide bonds. The fourth-order valence-electron chi connectivity index (χ4n) is 3.90. The lowest BCUT2D eigenvalue weighted by Crippen LogP contribution is -2.46. The van der Waals surface area contributed by atoms with Crippen LogP contribution < -0.4 is 9.75 Å². The standard InChI is InChI=1S/C19H24N4O4S2/c1-12-10-28-18(26)21(12)8-16(24)20-6-5-15(7-20)23(14-3-4-14)17(25)9-22-13(2)11-29-19(22)27/h10-11,14-15H,3-9H2,1-2H3. The van der Waals surface area contributed by atoms with Crippen LogP contribution in [0.2, 0.25) is 0 Å². The normalized spacial score (nSPS) is 19.0. The summed E-state index contributed by atoms with van der Waals surface area (Å²) >= 11 is 2.20. The molecule has 1 unspecified atom stereocenters. The quantitative estimate of drug-likeness (QED) is 0.677. The third-order valence-corrected chi connectivity index (χ3v) is 7.44. The summed E-state index contributed by atoms with van der Waals surface area (Å²) < 4.78 is 3.02. The van der Waals surface area contributed by atoms with Gasteiger partial charge in [0.15, 0.2) is 0 Å². The van der Waals surface area contributed by atoms with Crippen molar-refractivity contribution in [1.82, 2.24) is 18.9 Å². The number of carbonyl (C=O) groups excluding carboxylic acids is 2. The number of nitrogens with zero attached hydrogens (tertiary/aromatic N) is 4. The first-order valence-electron chi connectivity index (χ1n) is 9.74. The van der Waals surface area contributed by atoms with Crippen LogP contribution in [0.4, 0.5) is 0 Å². The summed E-state index contributed by atoms with van der Waals surface area (Å²) in [6.45, 7) is 4.81. The Hall–Kier alpha value is -2.20. The summed E-state index contributed by atoms with van der Waals surface area (Å²) in [4.78, 5) is 53.0. The van der Waals surface area contributed by atoms with Crippen LogP contribution in [0.15, 0.2) is 20.3 Å². The minimum atomic E-state index is -0.127. The molecule has 2 aliphatic rings. The van der Waals surface area contributed by atoms with Crippen LogP contribution >= 0.6 is 22.7 Å². The number of hydrogen-bond donors (Lipinski definition) is 0. The van der Waals surface area contributed by atoms with E-state index in [0.29, 0.717) is 13.1 Å². The zero-order chi connectivity index (χ0) is 20.7. The Morgan fingerprint density at radius 3 is 2.07 bits per heavy atom. The molecule has 1 saturated heterocycles. The zero-order valence-corrected chi connectivity index (χ0v) is 18.1. The maximum absolute atomic E-state index is 13.0. The molecule has 2 aromatic rings. The molecule has 156 valence electrons. The van der Waals surface area contributed by atoms with Gasteiger partial charge in [0.25, 0.3) is 0 Å². The first kappa shape index (κ1) is 20.1. The van der Waals surface area contributed by atoms with Crippen molar-refractivity contribution < 1.29 is 9.59 Å². The number of likely N-dealkylation sites (tertiary alicyclic amines) is 1. The average molecular weight is 437 g/mol. The Labute approximate surface area is 176 Å². The number of rotatable bonds is 6. The number of carbonyl (C=O) groups is 2. The highest BCUT2D eigenvalue weighted by Crippen LogP contribution is 2.32. The van der Waals surface area contributed by atoms with Crippen molar-refractivity contribution in [2.45, 2.75) is 58.3 Å². The van der Waals surface area contributed by atoms with Crippen molar-refractivity contribution in [3.63, 3.8) is 0 Å². The molecule has 4 rings (SSSR count). The Kier molecular flexibility index (Phi) is 5.48. The number of thiazole rings is 2. The average Bonchev–Trinajstić information content (AvgIpc) is 3.19. The number of hydrogen-bond acceptors (Lipinski definition) is 6. The van der Waals surface area contributed by atoms with Crippen LogP contribution in [0, 0.1) is 13.8 Å². The summed E-state index contributed by atoms with van der Waals surface area (Å²) in [5, 5.41) is 3.52. The van der Waals surface area contributed by atoms with E-state index in [9.17, 15) is 19.2 Å². The molecule has 0 N–H and O–H groups in total. The number of amides is 2. The van der Waals surface area contributed by atoms with Gasteiger partial charge in [0, 0.05) is 41.3 Å². The van der Waals surface area contributed by atoms with E-state index in [1.54, 1.807) is 15.7 Å². The molecule has 29 heavy (non-hydrogen) atoms. The Balaban J connectivity index is 1.43. The van der Waals surface area contributed by atoms with Gasteiger partial charge in [0.2, 0.25) is 11.8 Å². The van der Waals surface area contributed by atoms with Gasteiger partial charge in [-0.2, -0.15) is 0 Å². The highest BCUT2D eigenvalue weighted by molar-refractivity contribution is 7.07. The second-order valence-electron chi connectivity index (χ2n) is 7.77. The van der Waals surface area contributed by atoms with Gasteiger partial charge < -0.3 is 9.80 Å². The lowest BCUT2D eigenvalue weighted by atomic mass is 10.2. The topological polar surface area (TPSA) is 84.6 Å². The molecule has 1 saturated carbocycles. The van der Waals surface area contributed by atoms with E-state index in [0.717, 1.165) is 53.3 Å². The molecule has 0 radical (unpaired) electrons. The van der Waals surface area contributed by atoms with Gasteiger partial charge in [-0.25, -0.2) is 0 Å². The lowest BCUT2D eigenvalue weighted by molar-refractivity contribution is -0.136. The van der Waals surface area contributed by atoms with E-state index in [1.165, 1.54) is 9.13 Å². The van der Waals surface area contributed by atoms with Crippen LogP contribution in [0.5, 0.6) is 0 Å². The van der Waals surface area contributed by atoms with Crippen LogP contribution in [0.25, 0.3) is 0 Å². The second-order valence-corrected chi connectivity index (χ2v) is 9.41. The van der Waals surface area contributed by atoms with Crippen LogP contribution in [-0.2, 0) is 22.7 Å². The molecule has 3 heterocycles. The van der Waals surface area contributed by atoms with Crippen LogP contribution in [0.1, 0.15) is 30.7 Å². The minimum absolute atomic E-state index is 0.0334. The highest BCUT2D eigenvalue weighted by Gasteiger charge is 2.41. The molecule has 0 aromatic carbocycles. The van der Waals surface area contributed by atoms with Crippen molar-refractivity contribution in [1.29, 1.82) is 0 Å². The lowest BCUT2D eigenvalue weighted by Gasteiger charge is -2.29. The zero-order valence-electron chi connectivity index (χ0n) is 16.5. The maximum Gasteiger partial charge on any atom is 0.307 e. The number of aryl methyl sites for hydroxylation is 2. The SMILES string of the molecule is Cc1csc(=O)n1CC(=O)N1CCC(N(C(=O)Cn2c(C)csc2=O)C2CC2)C1. The first-order valence-corrected chi connectivity index (χ1v) is 11.5. The van der Waals surface area contributed by atoms with E-state index < -0.39 is 0 Å². The molecule has 0 spiro atoms. The van der Waals surface area contributed by atoms with E-state index in [1.807, 2.05) is 18.7 Å². The highest BCUT2D eigenvalue weighted by atomic mass is 32.1. The summed E-state index contributed by atoms with van der Waals surface area (Å²) in [6.07, 6.45) is 2.66. The molecule has 0 bridgehead atoms. The van der Waals surface area contributed by atoms with E-state index in [-0.39, 0.29) is 46.7 Å². The molecule has 1 atom stereocenters. The summed E-state index contributed by atoms with van der Waals surface area (Å²) in [7, 11) is 0. The van der Waals surface area contributed by atoms with Gasteiger partial charge in [0.05, 0.1) is 6.04 Å². The molecule has 2 fully saturated rings. The molecular weight excluding hydrogens is 412 g/mol. The fourth-order valence-corrected chi connectivity index (χ4v) is 5.37. The van der Waals surface area contributed by atoms with Gasteiger partial charge in [-0.05, 0) is 33.1 Å². The van der Waals surface area contributed by atoms with Gasteiger partial charge in [0.1, 0.15) is 13.1 Å². The van der Waals surface area contributed by atoms with Gasteiger partial charge >= 0.3 is 9.75 Å². The first-order chi connectivity index (χ1) is 13.8. The molecule has 2 aromatic heterocycles. The van der Waals surface area contributed by atoms with Crippen molar-refractivity contribution in [2.24, 2.45) is 0 Å². The number of aromatic nitrogens is 2. The Bertz CT molecular complexity index is 1050. The van der Waals surface area contributed by atoms with E-state index >= 15 is 0 Å². The Morgan fingerprint density at radius 1 is 0.966 bits per heavy atom. The third-order valence-electron chi connectivity index (χ3n) is 5.68. The summed E-state index contributed by atoms with van der Waals surface area (Å²) in [5.74, 6) is -0.149. The van der Waals surface area contributed by atoms with Crippen molar-refractivity contribution in [3.8, 4) is 0 Å². The molecule has 1 aliphatic carbocycles. The van der Waals surface area contributed by atoms with Crippen LogP contribution in [0.3, 0.4) is 0 Å². The smallest absolute Gasteiger partial charge is 0.307 e. The van der Waals surface area contributed by atoms with Crippen molar-refractivity contribution >= 4 is 34.5 Å². The second kappa shape index (κ2) is 7.91. The molecular formula is C19H24N4O4S2. The van der Waals surface area contributed by atoms with Crippen molar-refractivity contribution in [3.05, 3.63) is 41.5 Å². The maximum atomic E-state index is 13.0. The predicted octanol–water partition coefficient (Wildman–Crippen LogP) is 1.04. The summed E-state index contributed by atoms with van der Waals surface area (Å²) in [5.41, 5.74) is 1.58. The fraction of sp³-hybridized carbons (Fsp3) is 0.579. The summed E-state index contributed by atoms with van der Waals surface area (Å²) in [6, 6.07) is 0.174. The van der Waals surface area contributed by atoms with Gasteiger partial charge in [-0.3, -0.25) is 28.3 Å². The van der Waals surface area contributed by atoms with Gasteiger partial charge in [-0.1, -0.05) is 22.7 Å². The third kappa shape index (κ3) is 4.09.